The molecule has 0 radical (unpaired) electrons. The van der Waals surface area contributed by atoms with Crippen LogP contribution in [0.25, 0.3) is 6.08 Å². The number of rotatable bonds is 6. The number of benzene rings is 2. The summed E-state index contributed by atoms with van der Waals surface area (Å²) in [6.45, 7) is 0. The van der Waals surface area contributed by atoms with Gasteiger partial charge in [0, 0.05) is 10.5 Å². The molecule has 0 saturated heterocycles. The first-order valence-electron chi connectivity index (χ1n) is 7.00. The molecule has 0 aromatic heterocycles. The second-order valence-electron chi connectivity index (χ2n) is 4.76. The van der Waals surface area contributed by atoms with Crippen LogP contribution in [0.3, 0.4) is 0 Å². The number of hydrogen-bond donors (Lipinski definition) is 0. The summed E-state index contributed by atoms with van der Waals surface area (Å²) < 4.78 is 40.3. The molecule has 2 rings (SSSR count). The fourth-order valence-electron chi connectivity index (χ4n) is 1.88. The van der Waals surface area contributed by atoms with E-state index in [1.54, 1.807) is 24.3 Å². The lowest BCUT2D eigenvalue weighted by molar-refractivity contribution is -0.134. The van der Waals surface area contributed by atoms with Crippen LogP contribution in [-0.4, -0.2) is 28.6 Å². The highest BCUT2D eigenvalue weighted by molar-refractivity contribution is 9.10. The number of halogens is 1. The fourth-order valence-corrected chi connectivity index (χ4v) is 3.42. The third-order valence-corrected chi connectivity index (χ3v) is 4.81. The average Bonchev–Trinajstić information content (AvgIpc) is 2.60. The molecule has 0 saturated carbocycles. The zero-order valence-corrected chi connectivity index (χ0v) is 15.8. The van der Waals surface area contributed by atoms with Crippen LogP contribution in [0.15, 0.2) is 57.9 Å². The molecule has 0 aliphatic rings. The number of carbonyl (C=O) groups is 1. The van der Waals surface area contributed by atoms with Crippen molar-refractivity contribution in [1.29, 1.82) is 0 Å². The van der Waals surface area contributed by atoms with E-state index in [4.69, 9.17) is 8.92 Å². The molecule has 132 valence electrons. The molecule has 25 heavy (non-hydrogen) atoms. The molecule has 0 aliphatic carbocycles. The summed E-state index contributed by atoms with van der Waals surface area (Å²) in [5.41, 5.74) is 0.620. The van der Waals surface area contributed by atoms with Gasteiger partial charge in [-0.1, -0.05) is 28.1 Å². The SMILES string of the molecule is COC(=O)/C=C/c1ccc(OS(=O)(=O)c2cccc(Br)c2)c(OC)c1. The second kappa shape index (κ2) is 8.17. The number of hydrogen-bond acceptors (Lipinski definition) is 6. The van der Waals surface area contributed by atoms with Crippen LogP contribution in [0, 0.1) is 0 Å². The minimum absolute atomic E-state index is 0.0126. The molecule has 0 fully saturated rings. The molecule has 2 aromatic carbocycles. The van der Waals surface area contributed by atoms with Gasteiger partial charge < -0.3 is 13.7 Å². The Labute approximate surface area is 154 Å². The average molecular weight is 427 g/mol. The molecule has 0 bridgehead atoms. The van der Waals surface area contributed by atoms with Crippen molar-refractivity contribution < 1.29 is 26.9 Å². The Morgan fingerprint density at radius 3 is 2.48 bits per heavy atom. The molecule has 8 heteroatoms. The number of ether oxygens (including phenoxy) is 2. The highest BCUT2D eigenvalue weighted by Crippen LogP contribution is 2.31. The molecule has 6 nitrogen and oxygen atoms in total. The van der Waals surface area contributed by atoms with Crippen LogP contribution >= 0.6 is 15.9 Å². The van der Waals surface area contributed by atoms with Gasteiger partial charge in [0.25, 0.3) is 0 Å². The van der Waals surface area contributed by atoms with E-state index in [2.05, 4.69) is 20.7 Å². The summed E-state index contributed by atoms with van der Waals surface area (Å²) >= 11 is 3.22. The van der Waals surface area contributed by atoms with E-state index in [1.165, 1.54) is 44.6 Å². The first-order valence-corrected chi connectivity index (χ1v) is 9.20. The Bertz CT molecular complexity index is 905. The monoisotopic (exact) mass is 426 g/mol. The lowest BCUT2D eigenvalue weighted by atomic mass is 10.2. The molecule has 0 atom stereocenters. The Hall–Kier alpha value is -2.32. The summed E-state index contributed by atoms with van der Waals surface area (Å²) in [5.74, 6) is -0.250. The minimum atomic E-state index is -4.01. The maximum atomic E-state index is 12.4. The summed E-state index contributed by atoms with van der Waals surface area (Å²) in [7, 11) is -1.35. The van der Waals surface area contributed by atoms with Gasteiger partial charge >= 0.3 is 16.1 Å². The third-order valence-electron chi connectivity index (χ3n) is 3.08. The van der Waals surface area contributed by atoms with Crippen molar-refractivity contribution in [1.82, 2.24) is 0 Å². The molecule has 2 aromatic rings. The van der Waals surface area contributed by atoms with Crippen LogP contribution in [0.2, 0.25) is 0 Å². The van der Waals surface area contributed by atoms with E-state index in [9.17, 15) is 13.2 Å². The quantitative estimate of drug-likeness (QED) is 0.400. The van der Waals surface area contributed by atoms with Gasteiger partial charge in [0.15, 0.2) is 11.5 Å². The highest BCUT2D eigenvalue weighted by atomic mass is 79.9. The summed E-state index contributed by atoms with van der Waals surface area (Å²) in [5, 5.41) is 0. The molecular formula is C17H15BrO6S. The number of carbonyl (C=O) groups excluding carboxylic acids is 1. The molecule has 0 N–H and O–H groups in total. The van der Waals surface area contributed by atoms with Crippen molar-refractivity contribution in [2.75, 3.05) is 14.2 Å². The zero-order chi connectivity index (χ0) is 18.4. The van der Waals surface area contributed by atoms with Crippen LogP contribution in [0.4, 0.5) is 0 Å². The van der Waals surface area contributed by atoms with E-state index in [0.717, 1.165) is 0 Å². The topological polar surface area (TPSA) is 78.9 Å². The van der Waals surface area contributed by atoms with Crippen molar-refractivity contribution in [3.05, 3.63) is 58.6 Å². The van der Waals surface area contributed by atoms with Gasteiger partial charge in [-0.05, 0) is 42.0 Å². The summed E-state index contributed by atoms with van der Waals surface area (Å²) in [6.07, 6.45) is 2.76. The maximum Gasteiger partial charge on any atom is 0.339 e. The van der Waals surface area contributed by atoms with E-state index in [-0.39, 0.29) is 16.4 Å². The van der Waals surface area contributed by atoms with Crippen molar-refractivity contribution in [3.8, 4) is 11.5 Å². The molecule has 0 aliphatic heterocycles. The second-order valence-corrected chi connectivity index (χ2v) is 7.22. The highest BCUT2D eigenvalue weighted by Gasteiger charge is 2.19. The molecule has 0 heterocycles. The first-order chi connectivity index (χ1) is 11.9. The first kappa shape index (κ1) is 19.0. The van der Waals surface area contributed by atoms with Crippen LogP contribution in [0.1, 0.15) is 5.56 Å². The van der Waals surface area contributed by atoms with E-state index in [1.807, 2.05) is 0 Å². The Kier molecular flexibility index (Phi) is 6.22. The number of esters is 1. The predicted octanol–water partition coefficient (Wildman–Crippen LogP) is 3.41. The molecular weight excluding hydrogens is 412 g/mol. The molecule has 0 amide bonds. The van der Waals surface area contributed by atoms with Crippen LogP contribution < -0.4 is 8.92 Å². The number of methoxy groups -OCH3 is 2. The van der Waals surface area contributed by atoms with Crippen molar-refractivity contribution >= 4 is 38.1 Å². The van der Waals surface area contributed by atoms with Gasteiger partial charge in [-0.2, -0.15) is 8.42 Å². The minimum Gasteiger partial charge on any atom is -0.493 e. The van der Waals surface area contributed by atoms with Gasteiger partial charge in [-0.15, -0.1) is 0 Å². The Balaban J connectivity index is 2.30. The van der Waals surface area contributed by atoms with Gasteiger partial charge in [0.2, 0.25) is 0 Å². The molecule has 0 spiro atoms. The van der Waals surface area contributed by atoms with E-state index >= 15 is 0 Å². The normalized spacial score (nSPS) is 11.3. The van der Waals surface area contributed by atoms with Crippen molar-refractivity contribution in [3.63, 3.8) is 0 Å². The predicted molar refractivity (Wildman–Crippen MR) is 96.0 cm³/mol. The van der Waals surface area contributed by atoms with Crippen LogP contribution in [-0.2, 0) is 19.6 Å². The van der Waals surface area contributed by atoms with E-state index < -0.39 is 16.1 Å². The maximum absolute atomic E-state index is 12.4. The fraction of sp³-hybridized carbons (Fsp3) is 0.118. The van der Waals surface area contributed by atoms with Gasteiger partial charge in [-0.3, -0.25) is 0 Å². The van der Waals surface area contributed by atoms with Gasteiger partial charge in [0.05, 0.1) is 14.2 Å². The largest absolute Gasteiger partial charge is 0.493 e. The third kappa shape index (κ3) is 5.07. The molecule has 0 unspecified atom stereocenters. The zero-order valence-electron chi connectivity index (χ0n) is 13.4. The standard InChI is InChI=1S/C17H15BrO6S/c1-22-16-10-12(7-9-17(19)23-2)6-8-15(16)24-25(20,21)14-5-3-4-13(18)11-14/h3-11H,1-2H3/b9-7+. The smallest absolute Gasteiger partial charge is 0.339 e. The lowest BCUT2D eigenvalue weighted by Gasteiger charge is -2.11. The van der Waals surface area contributed by atoms with Gasteiger partial charge in [0.1, 0.15) is 4.90 Å². The van der Waals surface area contributed by atoms with Crippen molar-refractivity contribution in [2.24, 2.45) is 0 Å². The van der Waals surface area contributed by atoms with E-state index in [0.29, 0.717) is 10.0 Å². The lowest BCUT2D eigenvalue weighted by Crippen LogP contribution is -2.10. The summed E-state index contributed by atoms with van der Waals surface area (Å²) in [4.78, 5) is 11.1. The Morgan fingerprint density at radius 2 is 1.84 bits per heavy atom. The summed E-state index contributed by atoms with van der Waals surface area (Å²) in [6, 6.07) is 10.8. The van der Waals surface area contributed by atoms with Crippen LogP contribution in [0.5, 0.6) is 11.5 Å². The Morgan fingerprint density at radius 1 is 1.08 bits per heavy atom. The van der Waals surface area contributed by atoms with Crippen molar-refractivity contribution in [2.45, 2.75) is 4.90 Å². The van der Waals surface area contributed by atoms with Gasteiger partial charge in [-0.25, -0.2) is 4.79 Å².